The summed E-state index contributed by atoms with van der Waals surface area (Å²) in [6, 6.07) is 94.7. The summed E-state index contributed by atoms with van der Waals surface area (Å²) < 4.78 is 0. The highest BCUT2D eigenvalue weighted by Gasteiger charge is 2.23. The number of nitrogens with zero attached hydrogens (tertiary/aromatic N) is 1. The molecule has 0 aliphatic carbocycles. The number of rotatable bonds is 13. The molecule has 12 rings (SSSR count). The van der Waals surface area contributed by atoms with E-state index in [1.54, 1.807) is 0 Å². The van der Waals surface area contributed by atoms with Crippen LogP contribution in [0.25, 0.3) is 76.8 Å². The minimum Gasteiger partial charge on any atom is -0.310 e. The molecule has 1 nitrogen and oxygen atoms in total. The van der Waals surface area contributed by atoms with E-state index in [9.17, 15) is 0 Å². The molecular weight excluding hydrogens is 903 g/mol. The van der Waals surface area contributed by atoms with E-state index >= 15 is 0 Å². The molecule has 0 fully saturated rings. The van der Waals surface area contributed by atoms with Crippen LogP contribution in [0.3, 0.4) is 0 Å². The molecule has 0 radical (unpaired) electrons. The lowest BCUT2D eigenvalue weighted by atomic mass is 9.82. The Morgan fingerprint density at radius 3 is 1.28 bits per heavy atom. The minimum atomic E-state index is 0.326. The first-order valence-electron chi connectivity index (χ1n) is 26.6. The van der Waals surface area contributed by atoms with Gasteiger partial charge in [0.05, 0.1) is 5.69 Å². The number of hydrogen-bond donors (Lipinski definition) is 0. The molecule has 0 amide bonds. The number of fused-ring (bicyclic) bond motifs is 5. The molecule has 0 aliphatic rings. The van der Waals surface area contributed by atoms with Gasteiger partial charge in [-0.25, -0.2) is 0 Å². The standard InChI is InChI=1S/C74H61N/c1-50-23-43-66(52(3)45-50)63(30-27-54-25-28-57(29-26-54)60-35-31-58(32-36-60)55-15-7-5-8-16-55)47-64-48-71-69-21-13-14-22-70(69)74(49-72(71)68-20-12-11-19-67(64)68)75(73-44-24-51(2)46-53(73)4)65-41-39-62(40-42-65)61-37-33-59(34-38-61)56-17-9-6-10-18-56/h5-26,28-29,31-46,48-49,63H,27,30,47H2,1-4H3. The summed E-state index contributed by atoms with van der Waals surface area (Å²) in [6.07, 6.45) is 2.99. The van der Waals surface area contributed by atoms with E-state index in [0.717, 1.165) is 24.9 Å². The van der Waals surface area contributed by atoms with Crippen LogP contribution in [0, 0.1) is 27.7 Å². The molecule has 12 aromatic rings. The van der Waals surface area contributed by atoms with Crippen molar-refractivity contribution in [3.63, 3.8) is 0 Å². The third kappa shape index (κ3) is 9.67. The van der Waals surface area contributed by atoms with Gasteiger partial charge in [-0.2, -0.15) is 0 Å². The Morgan fingerprint density at radius 1 is 0.320 bits per heavy atom. The second-order valence-electron chi connectivity index (χ2n) is 20.7. The maximum absolute atomic E-state index is 2.54. The summed E-state index contributed by atoms with van der Waals surface area (Å²) in [5.74, 6) is 0.326. The van der Waals surface area contributed by atoms with Crippen molar-refractivity contribution in [3.8, 4) is 44.5 Å². The number of anilines is 3. The second kappa shape index (κ2) is 20.6. The smallest absolute Gasteiger partial charge is 0.0546 e. The van der Waals surface area contributed by atoms with Crippen molar-refractivity contribution in [2.75, 3.05) is 4.90 Å². The molecule has 0 aliphatic heterocycles. The van der Waals surface area contributed by atoms with Crippen molar-refractivity contribution >= 4 is 49.4 Å². The van der Waals surface area contributed by atoms with Crippen molar-refractivity contribution in [2.45, 2.75) is 52.9 Å². The summed E-state index contributed by atoms with van der Waals surface area (Å²) in [6.45, 7) is 8.94. The topological polar surface area (TPSA) is 3.24 Å². The average Bonchev–Trinajstić information content (AvgIpc) is 3.48. The molecule has 0 saturated heterocycles. The Kier molecular flexibility index (Phi) is 13.0. The highest BCUT2D eigenvalue weighted by Crippen LogP contribution is 2.46. The molecular formula is C74H61N. The van der Waals surface area contributed by atoms with Crippen LogP contribution >= 0.6 is 0 Å². The summed E-state index contributed by atoms with van der Waals surface area (Å²) in [5.41, 5.74) is 22.7. The third-order valence-electron chi connectivity index (χ3n) is 15.6. The maximum atomic E-state index is 2.54. The zero-order chi connectivity index (χ0) is 50.8. The van der Waals surface area contributed by atoms with Crippen LogP contribution in [0.15, 0.2) is 255 Å². The summed E-state index contributed by atoms with van der Waals surface area (Å²) >= 11 is 0. The molecule has 1 heteroatoms. The largest absolute Gasteiger partial charge is 0.310 e. The molecule has 0 N–H and O–H groups in total. The molecule has 12 aromatic carbocycles. The highest BCUT2D eigenvalue weighted by atomic mass is 15.1. The summed E-state index contributed by atoms with van der Waals surface area (Å²) in [7, 11) is 0. The van der Waals surface area contributed by atoms with Gasteiger partial charge in [-0.15, -0.1) is 0 Å². The van der Waals surface area contributed by atoms with Crippen LogP contribution in [-0.4, -0.2) is 0 Å². The monoisotopic (exact) mass is 963 g/mol. The van der Waals surface area contributed by atoms with Crippen molar-refractivity contribution in [1.82, 2.24) is 0 Å². The van der Waals surface area contributed by atoms with Crippen LogP contribution in [0.5, 0.6) is 0 Å². The first kappa shape index (κ1) is 47.2. The Hall–Kier alpha value is -8.78. The second-order valence-corrected chi connectivity index (χ2v) is 20.7. The Bertz CT molecular complexity index is 3960. The predicted molar refractivity (Wildman–Crippen MR) is 322 cm³/mol. The normalized spacial score (nSPS) is 11.8. The van der Waals surface area contributed by atoms with E-state index < -0.39 is 0 Å². The Labute approximate surface area is 443 Å². The molecule has 0 aromatic heterocycles. The van der Waals surface area contributed by atoms with E-state index in [0.29, 0.717) is 5.92 Å². The van der Waals surface area contributed by atoms with Crippen LogP contribution in [-0.2, 0) is 12.8 Å². The molecule has 75 heavy (non-hydrogen) atoms. The Balaban J connectivity index is 0.909. The van der Waals surface area contributed by atoms with Gasteiger partial charge in [0.25, 0.3) is 0 Å². The quantitative estimate of drug-likeness (QED) is 0.104. The first-order chi connectivity index (χ1) is 36.8. The van der Waals surface area contributed by atoms with E-state index in [-0.39, 0.29) is 0 Å². The minimum absolute atomic E-state index is 0.326. The predicted octanol–water partition coefficient (Wildman–Crippen LogP) is 20.5. The van der Waals surface area contributed by atoms with Crippen LogP contribution in [0.1, 0.15) is 51.3 Å². The van der Waals surface area contributed by atoms with Gasteiger partial charge in [0.15, 0.2) is 0 Å². The SMILES string of the molecule is Cc1ccc(C(CCc2ccc(-c3ccc(-c4ccccc4)cc3)cc2)Cc2cc3c4ccccc4c(N(c4ccc(-c5ccc(-c6ccccc6)cc5)cc4)c4ccc(C)cc4C)cc3c3ccccc23)c(C)c1. The molecule has 1 atom stereocenters. The van der Waals surface area contributed by atoms with Crippen molar-refractivity contribution in [2.24, 2.45) is 0 Å². The van der Waals surface area contributed by atoms with Gasteiger partial charge in [-0.1, -0.05) is 236 Å². The van der Waals surface area contributed by atoms with Crippen molar-refractivity contribution in [3.05, 3.63) is 294 Å². The van der Waals surface area contributed by atoms with Gasteiger partial charge < -0.3 is 4.90 Å². The van der Waals surface area contributed by atoms with E-state index in [2.05, 4.69) is 287 Å². The van der Waals surface area contributed by atoms with Crippen LogP contribution in [0.2, 0.25) is 0 Å². The number of aryl methyl sites for hydroxylation is 5. The third-order valence-corrected chi connectivity index (χ3v) is 15.6. The Morgan fingerprint density at radius 2 is 0.747 bits per heavy atom. The fourth-order valence-corrected chi connectivity index (χ4v) is 11.7. The molecule has 0 heterocycles. The molecule has 0 spiro atoms. The number of hydrogen-bond acceptors (Lipinski definition) is 1. The van der Waals surface area contributed by atoms with Crippen LogP contribution < -0.4 is 4.90 Å². The highest BCUT2D eigenvalue weighted by molar-refractivity contribution is 6.22. The van der Waals surface area contributed by atoms with Gasteiger partial charge in [-0.05, 0) is 182 Å². The maximum Gasteiger partial charge on any atom is 0.0546 e. The lowest BCUT2D eigenvalue weighted by molar-refractivity contribution is 0.620. The van der Waals surface area contributed by atoms with Gasteiger partial charge in [0.1, 0.15) is 0 Å². The van der Waals surface area contributed by atoms with Gasteiger partial charge in [0.2, 0.25) is 0 Å². The van der Waals surface area contributed by atoms with Gasteiger partial charge in [-0.3, -0.25) is 0 Å². The molecule has 362 valence electrons. The van der Waals surface area contributed by atoms with E-state index in [4.69, 9.17) is 0 Å². The fraction of sp³-hybridized carbons (Fsp3) is 0.108. The molecule has 1 unspecified atom stereocenters. The summed E-state index contributed by atoms with van der Waals surface area (Å²) in [4.78, 5) is 2.49. The summed E-state index contributed by atoms with van der Waals surface area (Å²) in [5, 5.41) is 7.67. The van der Waals surface area contributed by atoms with Gasteiger partial charge >= 0.3 is 0 Å². The van der Waals surface area contributed by atoms with Crippen molar-refractivity contribution < 1.29 is 0 Å². The fourth-order valence-electron chi connectivity index (χ4n) is 11.7. The van der Waals surface area contributed by atoms with E-state index in [1.165, 1.54) is 127 Å². The van der Waals surface area contributed by atoms with Crippen molar-refractivity contribution in [1.29, 1.82) is 0 Å². The molecule has 0 saturated carbocycles. The first-order valence-corrected chi connectivity index (χ1v) is 26.6. The van der Waals surface area contributed by atoms with Gasteiger partial charge in [0, 0.05) is 16.8 Å². The zero-order valence-corrected chi connectivity index (χ0v) is 43.4. The molecule has 0 bridgehead atoms. The number of benzene rings is 12. The van der Waals surface area contributed by atoms with E-state index in [1.807, 2.05) is 0 Å². The lowest BCUT2D eigenvalue weighted by Crippen LogP contribution is -2.12. The zero-order valence-electron chi connectivity index (χ0n) is 43.4. The lowest BCUT2D eigenvalue weighted by Gasteiger charge is -2.29. The van der Waals surface area contributed by atoms with Crippen LogP contribution in [0.4, 0.5) is 17.1 Å². The average molecular weight is 964 g/mol.